The molecule has 0 bridgehead atoms. The van der Waals surface area contributed by atoms with Crippen molar-refractivity contribution in [3.8, 4) is 28.7 Å². The summed E-state index contributed by atoms with van der Waals surface area (Å²) in [7, 11) is 0. The molecule has 0 radical (unpaired) electrons. The van der Waals surface area contributed by atoms with Gasteiger partial charge in [0.1, 0.15) is 30.5 Å². The number of hydrogen-bond acceptors (Lipinski definition) is 6. The van der Waals surface area contributed by atoms with Crippen LogP contribution in [0.1, 0.15) is 29.2 Å². The second-order valence-corrected chi connectivity index (χ2v) is 10.7. The van der Waals surface area contributed by atoms with Gasteiger partial charge in [0, 0.05) is 28.2 Å². The van der Waals surface area contributed by atoms with Gasteiger partial charge >= 0.3 is 0 Å². The molecule has 4 aromatic rings. The van der Waals surface area contributed by atoms with Crippen molar-refractivity contribution in [3.63, 3.8) is 0 Å². The monoisotopic (exact) mass is 632 g/mol. The molecule has 2 atom stereocenters. The average molecular weight is 634 g/mol. The number of rotatable bonds is 12. The van der Waals surface area contributed by atoms with Gasteiger partial charge in [0.2, 0.25) is 0 Å². The molecule has 0 saturated heterocycles. The van der Waals surface area contributed by atoms with E-state index in [-0.39, 0.29) is 25.5 Å². The predicted octanol–water partition coefficient (Wildman–Crippen LogP) is 7.71. The SMILES string of the molecule is C=C(O)[C@H](NCc1cc(Cl)c(OCc2cccc(-c3ccccc3)c2Br)cc1OCc1cccc(C#N)c1)[C@H](C)O. The summed E-state index contributed by atoms with van der Waals surface area (Å²) in [6, 6.07) is 28.2. The van der Waals surface area contributed by atoms with Crippen LogP contribution in [0.15, 0.2) is 102 Å². The smallest absolute Gasteiger partial charge is 0.142 e. The number of benzene rings is 4. The Kier molecular flexibility index (Phi) is 10.4. The fourth-order valence-electron chi connectivity index (χ4n) is 4.32. The van der Waals surface area contributed by atoms with Crippen LogP contribution in [0.4, 0.5) is 0 Å². The number of nitrogens with zero attached hydrogens (tertiary/aromatic N) is 1. The molecule has 0 heterocycles. The number of ether oxygens (including phenoxy) is 2. The van der Waals surface area contributed by atoms with Crippen LogP contribution in [0.3, 0.4) is 0 Å². The quantitative estimate of drug-likeness (QED) is 0.138. The lowest BCUT2D eigenvalue weighted by molar-refractivity contribution is 0.136. The summed E-state index contributed by atoms with van der Waals surface area (Å²) in [4.78, 5) is 0. The van der Waals surface area contributed by atoms with E-state index in [2.05, 4.69) is 46.0 Å². The van der Waals surface area contributed by atoms with E-state index in [0.717, 1.165) is 26.7 Å². The van der Waals surface area contributed by atoms with Gasteiger partial charge in [-0.15, -0.1) is 0 Å². The van der Waals surface area contributed by atoms with E-state index in [9.17, 15) is 15.5 Å². The molecule has 0 aliphatic heterocycles. The third kappa shape index (κ3) is 7.90. The molecule has 210 valence electrons. The Morgan fingerprint density at radius 2 is 1.71 bits per heavy atom. The zero-order valence-corrected chi connectivity index (χ0v) is 24.8. The van der Waals surface area contributed by atoms with Crippen molar-refractivity contribution in [1.82, 2.24) is 5.32 Å². The van der Waals surface area contributed by atoms with E-state index in [0.29, 0.717) is 27.6 Å². The standard InChI is InChI=1S/C33H30BrClN2O4/c1-21(38)33(22(2)39)37-18-27-15-29(35)31(16-30(27)40-19-24-9-6-8-23(14-24)17-36)41-20-26-12-7-13-28(32(26)34)25-10-4-3-5-11-25/h3-16,22,33,37-39H,1,18-20H2,2H3/t22-,33-/m0/s1. The lowest BCUT2D eigenvalue weighted by Crippen LogP contribution is -2.39. The molecule has 0 aliphatic rings. The van der Waals surface area contributed by atoms with Crippen molar-refractivity contribution in [2.45, 2.75) is 38.8 Å². The molecule has 41 heavy (non-hydrogen) atoms. The maximum Gasteiger partial charge on any atom is 0.142 e. The lowest BCUT2D eigenvalue weighted by atomic mass is 10.0. The van der Waals surface area contributed by atoms with E-state index in [4.69, 9.17) is 21.1 Å². The molecule has 4 rings (SSSR count). The molecular weight excluding hydrogens is 604 g/mol. The Labute approximate surface area is 253 Å². The van der Waals surface area contributed by atoms with E-state index in [1.165, 1.54) is 0 Å². The molecular formula is C33H30BrClN2O4. The Bertz CT molecular complexity index is 1550. The molecule has 0 spiro atoms. The predicted molar refractivity (Wildman–Crippen MR) is 165 cm³/mol. The topological polar surface area (TPSA) is 94.7 Å². The number of nitriles is 1. The molecule has 0 fully saturated rings. The molecule has 8 heteroatoms. The highest BCUT2D eigenvalue weighted by molar-refractivity contribution is 9.10. The van der Waals surface area contributed by atoms with Crippen molar-refractivity contribution in [1.29, 1.82) is 5.26 Å². The summed E-state index contributed by atoms with van der Waals surface area (Å²) in [6.45, 7) is 5.81. The van der Waals surface area contributed by atoms with Crippen LogP contribution in [0.2, 0.25) is 5.02 Å². The zero-order valence-electron chi connectivity index (χ0n) is 22.5. The summed E-state index contributed by atoms with van der Waals surface area (Å²) in [5, 5.41) is 32.7. The first kappa shape index (κ1) is 30.2. The fourth-order valence-corrected chi connectivity index (χ4v) is 5.17. The van der Waals surface area contributed by atoms with Gasteiger partial charge in [-0.2, -0.15) is 5.26 Å². The number of hydrogen-bond donors (Lipinski definition) is 3. The van der Waals surface area contributed by atoms with Gasteiger partial charge in [0.25, 0.3) is 0 Å². The summed E-state index contributed by atoms with van der Waals surface area (Å²) < 4.78 is 13.3. The second-order valence-electron chi connectivity index (χ2n) is 9.52. The van der Waals surface area contributed by atoms with Crippen LogP contribution < -0.4 is 14.8 Å². The Hall–Kier alpha value is -3.80. The third-order valence-electron chi connectivity index (χ3n) is 6.47. The van der Waals surface area contributed by atoms with Gasteiger partial charge in [0.05, 0.1) is 28.8 Å². The minimum absolute atomic E-state index is 0.176. The first-order valence-corrected chi connectivity index (χ1v) is 14.1. The molecule has 4 aromatic carbocycles. The van der Waals surface area contributed by atoms with Crippen molar-refractivity contribution in [3.05, 3.63) is 129 Å². The average Bonchev–Trinajstić information content (AvgIpc) is 2.97. The van der Waals surface area contributed by atoms with Gasteiger partial charge in [-0.25, -0.2) is 0 Å². The van der Waals surface area contributed by atoms with E-state index in [1.807, 2.05) is 42.5 Å². The number of halogens is 2. The minimum Gasteiger partial charge on any atom is -0.511 e. The van der Waals surface area contributed by atoms with E-state index >= 15 is 0 Å². The molecule has 0 aromatic heterocycles. The Morgan fingerprint density at radius 1 is 0.976 bits per heavy atom. The molecule has 0 aliphatic carbocycles. The minimum atomic E-state index is -0.867. The number of aliphatic hydroxyl groups excluding tert-OH is 2. The molecule has 6 nitrogen and oxygen atoms in total. The number of nitrogens with one attached hydrogen (secondary N) is 1. The van der Waals surface area contributed by atoms with Gasteiger partial charge in [-0.1, -0.05) is 78.8 Å². The van der Waals surface area contributed by atoms with E-state index in [1.54, 1.807) is 37.3 Å². The molecule has 0 amide bonds. The summed E-state index contributed by atoms with van der Waals surface area (Å²) in [5.74, 6) is 0.765. The van der Waals surface area contributed by atoms with Crippen LogP contribution in [0, 0.1) is 11.3 Å². The fraction of sp³-hybridized carbons (Fsp3) is 0.182. The second kappa shape index (κ2) is 14.2. The van der Waals surface area contributed by atoms with Gasteiger partial charge in [-0.3, -0.25) is 0 Å². The molecule has 0 unspecified atom stereocenters. The van der Waals surface area contributed by atoms with Crippen molar-refractivity contribution >= 4 is 27.5 Å². The maximum absolute atomic E-state index is 10.0. The van der Waals surface area contributed by atoms with Gasteiger partial charge in [-0.05, 0) is 57.7 Å². The van der Waals surface area contributed by atoms with Crippen LogP contribution in [-0.2, 0) is 19.8 Å². The van der Waals surface area contributed by atoms with Crippen LogP contribution in [0.5, 0.6) is 11.5 Å². The number of aliphatic hydroxyl groups is 2. The summed E-state index contributed by atoms with van der Waals surface area (Å²) in [5.41, 5.74) is 5.16. The first-order chi connectivity index (χ1) is 19.8. The highest BCUT2D eigenvalue weighted by Crippen LogP contribution is 2.36. The van der Waals surface area contributed by atoms with Crippen molar-refractivity contribution < 1.29 is 19.7 Å². The van der Waals surface area contributed by atoms with Crippen LogP contribution >= 0.6 is 27.5 Å². The highest BCUT2D eigenvalue weighted by atomic mass is 79.9. The van der Waals surface area contributed by atoms with Crippen molar-refractivity contribution in [2.24, 2.45) is 0 Å². The summed E-state index contributed by atoms with van der Waals surface area (Å²) >= 11 is 10.4. The Balaban J connectivity index is 1.59. The van der Waals surface area contributed by atoms with Crippen molar-refractivity contribution in [2.75, 3.05) is 0 Å². The largest absolute Gasteiger partial charge is 0.511 e. The lowest BCUT2D eigenvalue weighted by Gasteiger charge is -2.22. The van der Waals surface area contributed by atoms with E-state index < -0.39 is 12.1 Å². The molecule has 0 saturated carbocycles. The molecule has 3 N–H and O–H groups in total. The van der Waals surface area contributed by atoms with Gasteiger partial charge < -0.3 is 25.0 Å². The summed E-state index contributed by atoms with van der Waals surface area (Å²) in [6.07, 6.45) is -0.867. The highest BCUT2D eigenvalue weighted by Gasteiger charge is 2.20. The normalized spacial score (nSPS) is 12.3. The Morgan fingerprint density at radius 3 is 2.41 bits per heavy atom. The third-order valence-corrected chi connectivity index (χ3v) is 7.70. The maximum atomic E-state index is 10.0. The zero-order chi connectivity index (χ0) is 29.4. The van der Waals surface area contributed by atoms with Crippen LogP contribution in [-0.4, -0.2) is 22.4 Å². The first-order valence-electron chi connectivity index (χ1n) is 13.0. The van der Waals surface area contributed by atoms with Crippen LogP contribution in [0.25, 0.3) is 11.1 Å². The van der Waals surface area contributed by atoms with Gasteiger partial charge in [0.15, 0.2) is 0 Å².